The molecule has 54 valence electrons. The van der Waals surface area contributed by atoms with Gasteiger partial charge in [-0.05, 0) is 12.6 Å². The van der Waals surface area contributed by atoms with Gasteiger partial charge in [-0.25, -0.2) is 4.99 Å². The van der Waals surface area contributed by atoms with Crippen molar-refractivity contribution in [3.63, 3.8) is 0 Å². The zero-order valence-corrected chi connectivity index (χ0v) is 5.71. The maximum absolute atomic E-state index is 5.24. The molecule has 1 atom stereocenters. The van der Waals surface area contributed by atoms with E-state index in [1.807, 2.05) is 0 Å². The van der Waals surface area contributed by atoms with E-state index in [2.05, 4.69) is 16.4 Å². The van der Waals surface area contributed by atoms with E-state index in [1.165, 1.54) is 0 Å². The molecular weight excluding hydrogens is 128 g/mol. The second-order valence-electron chi connectivity index (χ2n) is 2.48. The van der Waals surface area contributed by atoms with E-state index in [9.17, 15) is 0 Å². The molecule has 0 saturated heterocycles. The number of fused-ring (bicyclic) bond motifs is 1. The van der Waals surface area contributed by atoms with Crippen molar-refractivity contribution in [1.29, 1.82) is 0 Å². The van der Waals surface area contributed by atoms with Crippen LogP contribution in [0.15, 0.2) is 16.8 Å². The molecule has 2 heterocycles. The predicted octanol–water partition coefficient (Wildman–Crippen LogP) is 0.291. The third-order valence-electron chi connectivity index (χ3n) is 1.80. The summed E-state index contributed by atoms with van der Waals surface area (Å²) in [6.07, 6.45) is 4.89. The highest BCUT2D eigenvalue weighted by Crippen LogP contribution is 2.17. The molecule has 0 radical (unpaired) electrons. The molecule has 2 rings (SSSR count). The van der Waals surface area contributed by atoms with Crippen LogP contribution in [0.3, 0.4) is 0 Å². The molecule has 2 aliphatic rings. The molecule has 3 heteroatoms. The Labute approximate surface area is 59.8 Å². The van der Waals surface area contributed by atoms with Crippen LogP contribution in [-0.4, -0.2) is 25.6 Å². The summed E-state index contributed by atoms with van der Waals surface area (Å²) in [5.74, 6) is 0. The Bertz CT molecular complexity index is 186. The number of hydrogen-bond acceptors (Lipinski definition) is 3. The van der Waals surface area contributed by atoms with Crippen LogP contribution in [0.5, 0.6) is 0 Å². The quantitative estimate of drug-likeness (QED) is 0.522. The highest BCUT2D eigenvalue weighted by atomic mass is 16.5. The number of nitrogens with one attached hydrogen (secondary N) is 1. The summed E-state index contributed by atoms with van der Waals surface area (Å²) in [7, 11) is 0. The highest BCUT2D eigenvalue weighted by Gasteiger charge is 2.19. The van der Waals surface area contributed by atoms with Crippen molar-refractivity contribution in [3.05, 3.63) is 11.8 Å². The van der Waals surface area contributed by atoms with Crippen LogP contribution in [0.1, 0.15) is 6.42 Å². The van der Waals surface area contributed by atoms with Crippen molar-refractivity contribution in [3.8, 4) is 0 Å². The van der Waals surface area contributed by atoms with Gasteiger partial charge in [0.05, 0.1) is 5.70 Å². The Hall–Kier alpha value is -0.830. The Morgan fingerprint density at radius 3 is 3.70 bits per heavy atom. The summed E-state index contributed by atoms with van der Waals surface area (Å²) in [6, 6.07) is 0. The van der Waals surface area contributed by atoms with E-state index in [4.69, 9.17) is 4.74 Å². The fraction of sp³-hybridized carbons (Fsp3) is 0.571. The Kier molecular flexibility index (Phi) is 1.43. The molecule has 1 N–H and O–H groups in total. The predicted molar refractivity (Wildman–Crippen MR) is 38.9 cm³/mol. The van der Waals surface area contributed by atoms with Gasteiger partial charge in [-0.1, -0.05) is 0 Å². The van der Waals surface area contributed by atoms with Gasteiger partial charge in [0.2, 0.25) is 0 Å². The van der Waals surface area contributed by atoms with Gasteiger partial charge in [-0.15, -0.1) is 0 Å². The molecule has 10 heavy (non-hydrogen) atoms. The van der Waals surface area contributed by atoms with E-state index in [0.29, 0.717) is 0 Å². The van der Waals surface area contributed by atoms with E-state index in [0.717, 1.165) is 25.2 Å². The Morgan fingerprint density at radius 1 is 1.70 bits per heavy atom. The first-order valence-electron chi connectivity index (χ1n) is 3.55. The van der Waals surface area contributed by atoms with Gasteiger partial charge in [0.25, 0.3) is 0 Å². The maximum atomic E-state index is 5.24. The third kappa shape index (κ3) is 0.926. The lowest BCUT2D eigenvalue weighted by atomic mass is 10.2. The molecule has 3 nitrogen and oxygen atoms in total. The smallest absolute Gasteiger partial charge is 0.175 e. The number of rotatable bonds is 0. The van der Waals surface area contributed by atoms with E-state index in [1.54, 1.807) is 6.40 Å². The van der Waals surface area contributed by atoms with Crippen LogP contribution >= 0.6 is 0 Å². The summed E-state index contributed by atoms with van der Waals surface area (Å²) in [5, 5.41) is 3.25. The van der Waals surface area contributed by atoms with Crippen molar-refractivity contribution in [1.82, 2.24) is 5.32 Å². The average molecular weight is 138 g/mol. The largest absolute Gasteiger partial charge is 0.474 e. The Balaban J connectivity index is 2.16. The molecule has 0 aromatic carbocycles. The summed E-state index contributed by atoms with van der Waals surface area (Å²) in [5.41, 5.74) is 1.09. The molecule has 0 saturated carbocycles. The number of ether oxygens (including phenoxy) is 1. The molecule has 0 aromatic rings. The lowest BCUT2D eigenvalue weighted by molar-refractivity contribution is 0.246. The lowest BCUT2D eigenvalue weighted by Gasteiger charge is -2.06. The van der Waals surface area contributed by atoms with Crippen LogP contribution in [-0.2, 0) is 4.74 Å². The number of hydrogen-bond donors (Lipinski definition) is 1. The molecule has 1 unspecified atom stereocenters. The van der Waals surface area contributed by atoms with Crippen LogP contribution in [0.25, 0.3) is 0 Å². The molecule has 0 aromatic heterocycles. The van der Waals surface area contributed by atoms with Gasteiger partial charge in [-0.2, -0.15) is 0 Å². The molecule has 0 fully saturated rings. The first-order valence-corrected chi connectivity index (χ1v) is 3.55. The minimum absolute atomic E-state index is 0.231. The van der Waals surface area contributed by atoms with Gasteiger partial charge in [-0.3, -0.25) is 0 Å². The lowest BCUT2D eigenvalue weighted by Crippen LogP contribution is -2.16. The molecule has 2 aliphatic heterocycles. The second-order valence-corrected chi connectivity index (χ2v) is 2.48. The number of nitrogens with zero attached hydrogens (tertiary/aromatic N) is 1. The van der Waals surface area contributed by atoms with E-state index < -0.39 is 0 Å². The minimum atomic E-state index is 0.231. The first-order chi connectivity index (χ1) is 4.97. The molecular formula is C7H10N2O. The van der Waals surface area contributed by atoms with Gasteiger partial charge >= 0.3 is 0 Å². The number of aliphatic imine (C=N–C) groups is 1. The normalized spacial score (nSPS) is 30.4. The first kappa shape index (κ1) is 5.92. The van der Waals surface area contributed by atoms with Crippen LogP contribution < -0.4 is 5.32 Å². The van der Waals surface area contributed by atoms with E-state index in [-0.39, 0.29) is 6.10 Å². The van der Waals surface area contributed by atoms with Crippen LogP contribution in [0, 0.1) is 0 Å². The van der Waals surface area contributed by atoms with E-state index >= 15 is 0 Å². The van der Waals surface area contributed by atoms with Crippen molar-refractivity contribution >= 4 is 6.40 Å². The van der Waals surface area contributed by atoms with Crippen LogP contribution in [0.2, 0.25) is 0 Å². The van der Waals surface area contributed by atoms with Crippen molar-refractivity contribution in [2.75, 3.05) is 13.1 Å². The standard InChI is InChI=1S/C7H10N2O/c1-3-8-4-2-7-6(1)9-5-10-7/h1,5,7-8H,2-4H2. The topological polar surface area (TPSA) is 33.6 Å². The third-order valence-corrected chi connectivity index (χ3v) is 1.80. The zero-order chi connectivity index (χ0) is 6.81. The molecule has 0 spiro atoms. The van der Waals surface area contributed by atoms with Crippen molar-refractivity contribution < 1.29 is 4.74 Å². The van der Waals surface area contributed by atoms with Gasteiger partial charge in [0, 0.05) is 13.0 Å². The van der Waals surface area contributed by atoms with Crippen molar-refractivity contribution in [2.24, 2.45) is 4.99 Å². The second kappa shape index (κ2) is 2.42. The Morgan fingerprint density at radius 2 is 2.70 bits per heavy atom. The molecule has 0 bridgehead atoms. The monoisotopic (exact) mass is 138 g/mol. The fourth-order valence-electron chi connectivity index (χ4n) is 1.23. The molecule has 0 amide bonds. The minimum Gasteiger partial charge on any atom is -0.474 e. The highest BCUT2D eigenvalue weighted by molar-refractivity contribution is 5.54. The van der Waals surface area contributed by atoms with Gasteiger partial charge in [0.1, 0.15) is 6.10 Å². The maximum Gasteiger partial charge on any atom is 0.175 e. The summed E-state index contributed by atoms with van der Waals surface area (Å²) in [4.78, 5) is 4.09. The van der Waals surface area contributed by atoms with Gasteiger partial charge < -0.3 is 10.1 Å². The summed E-state index contributed by atoms with van der Waals surface area (Å²) >= 11 is 0. The van der Waals surface area contributed by atoms with Crippen molar-refractivity contribution in [2.45, 2.75) is 12.5 Å². The fourth-order valence-corrected chi connectivity index (χ4v) is 1.23. The average Bonchev–Trinajstić information content (AvgIpc) is 2.28. The van der Waals surface area contributed by atoms with Gasteiger partial charge in [0.15, 0.2) is 6.40 Å². The van der Waals surface area contributed by atoms with Crippen LogP contribution in [0.4, 0.5) is 0 Å². The SMILES string of the molecule is C1=NC2=CCNCCC2O1. The zero-order valence-electron chi connectivity index (χ0n) is 5.71. The summed E-state index contributed by atoms with van der Waals surface area (Å²) < 4.78 is 5.24. The summed E-state index contributed by atoms with van der Waals surface area (Å²) in [6.45, 7) is 1.94. The molecule has 0 aliphatic carbocycles.